The average Bonchev–Trinajstić information content (AvgIpc) is 2.89. The molecule has 0 bridgehead atoms. The van der Waals surface area contributed by atoms with Gasteiger partial charge in [-0.25, -0.2) is 44.3 Å². The van der Waals surface area contributed by atoms with Crippen molar-refractivity contribution < 1.29 is 4.39 Å². The van der Waals surface area contributed by atoms with Crippen LogP contribution < -0.4 is 0 Å². The molecule has 0 radical (unpaired) electrons. The summed E-state index contributed by atoms with van der Waals surface area (Å²) in [5.74, 6) is 6.94. The van der Waals surface area contributed by atoms with Gasteiger partial charge in [0.2, 0.25) is 10.6 Å². The van der Waals surface area contributed by atoms with Gasteiger partial charge >= 0.3 is 0 Å². The minimum Gasteiger partial charge on any atom is -0.242 e. The number of hydrogen-bond acceptors (Lipinski definition) is 8. The molecule has 0 atom stereocenters. The predicted octanol–water partition coefficient (Wildman–Crippen LogP) is 9.53. The van der Waals surface area contributed by atoms with Crippen LogP contribution in [0.4, 0.5) is 4.39 Å². The molecule has 0 aliphatic heterocycles. The summed E-state index contributed by atoms with van der Waals surface area (Å²) >= 11 is 21.7. The van der Waals surface area contributed by atoms with Crippen LogP contribution in [0.5, 0.6) is 0 Å². The first kappa shape index (κ1) is 44.6. The minimum absolute atomic E-state index is 0. The highest BCUT2D eigenvalue weighted by molar-refractivity contribution is 6.31. The normalized spacial score (nSPS) is 8.45. The van der Waals surface area contributed by atoms with E-state index in [2.05, 4.69) is 51.7 Å². The lowest BCUT2D eigenvalue weighted by Gasteiger charge is -1.91. The molecule has 8 nitrogen and oxygen atoms in total. The predicted molar refractivity (Wildman–Crippen MR) is 182 cm³/mol. The minimum atomic E-state index is -0.261. The summed E-state index contributed by atoms with van der Waals surface area (Å²) in [5, 5.41) is 1.35. The maximum Gasteiger partial charge on any atom is 0.223 e. The summed E-state index contributed by atoms with van der Waals surface area (Å²) in [6.45, 7) is 5.47. The fourth-order valence-electron chi connectivity index (χ4n) is 2.36. The molecule has 0 amide bonds. The highest BCUT2D eigenvalue weighted by atomic mass is 35.5. The van der Waals surface area contributed by atoms with Crippen molar-refractivity contribution in [3.63, 3.8) is 0 Å². The first-order chi connectivity index (χ1) is 19.1. The number of aryl methyl sites for hydroxylation is 3. The Hall–Kier alpha value is -3.81. The average molecular weight is 683 g/mol. The number of aromatic nitrogens is 8. The third-order valence-electron chi connectivity index (χ3n) is 4.05. The van der Waals surface area contributed by atoms with Gasteiger partial charge in [-0.3, -0.25) is 0 Å². The first-order valence-electron chi connectivity index (χ1n) is 11.2. The zero-order valence-corrected chi connectivity index (χ0v) is 24.4. The van der Waals surface area contributed by atoms with Gasteiger partial charge in [0.25, 0.3) is 0 Å². The molecule has 5 rings (SSSR count). The van der Waals surface area contributed by atoms with Gasteiger partial charge in [0.15, 0.2) is 0 Å². The second kappa shape index (κ2) is 24.6. The van der Waals surface area contributed by atoms with E-state index < -0.39 is 0 Å². The number of nitrogens with zero attached hydrogens (tertiary/aromatic N) is 8. The highest BCUT2D eigenvalue weighted by Crippen LogP contribution is 2.05. The lowest BCUT2D eigenvalue weighted by atomic mass is 10.2. The van der Waals surface area contributed by atoms with E-state index in [0.717, 1.165) is 11.3 Å². The number of halogens is 5. The van der Waals surface area contributed by atoms with Crippen molar-refractivity contribution in [2.75, 3.05) is 0 Å². The van der Waals surface area contributed by atoms with Gasteiger partial charge in [0.05, 0.1) is 0 Å². The van der Waals surface area contributed by atoms with Crippen molar-refractivity contribution in [1.29, 1.82) is 0 Å². The van der Waals surface area contributed by atoms with Gasteiger partial charge in [0, 0.05) is 36.0 Å². The van der Waals surface area contributed by atoms with Gasteiger partial charge < -0.3 is 0 Å². The number of rotatable bonds is 0. The molecule has 4 heterocycles. The van der Waals surface area contributed by atoms with Crippen LogP contribution in [0.25, 0.3) is 0 Å². The summed E-state index contributed by atoms with van der Waals surface area (Å²) in [7, 11) is 0. The molecule has 0 saturated heterocycles. The van der Waals surface area contributed by atoms with E-state index in [-0.39, 0.29) is 40.8 Å². The largest absolute Gasteiger partial charge is 0.242 e. The fourth-order valence-corrected chi connectivity index (χ4v) is 3.05. The molecule has 0 unspecified atom stereocenters. The second-order valence-corrected chi connectivity index (χ2v) is 8.74. The molecule has 4 aromatic heterocycles. The van der Waals surface area contributed by atoms with E-state index in [1.165, 1.54) is 18.3 Å². The molecular weight excluding hydrogens is 645 g/mol. The van der Waals surface area contributed by atoms with Gasteiger partial charge in [0.1, 0.15) is 33.5 Å². The van der Waals surface area contributed by atoms with E-state index in [1.54, 1.807) is 61.9 Å². The van der Waals surface area contributed by atoms with Crippen LogP contribution in [0.2, 0.25) is 20.9 Å². The van der Waals surface area contributed by atoms with Crippen molar-refractivity contribution >= 4 is 46.4 Å². The smallest absolute Gasteiger partial charge is 0.223 e. The Morgan fingerprint density at radius 1 is 0.523 bits per heavy atom. The number of benzene rings is 1. The van der Waals surface area contributed by atoms with Crippen LogP contribution in [0.3, 0.4) is 0 Å². The maximum atomic E-state index is 12.6. The Balaban J connectivity index is -0.000000522. The molecule has 0 fully saturated rings. The molecule has 0 spiro atoms. The quantitative estimate of drug-likeness (QED) is 0.0904. The Morgan fingerprint density at radius 3 is 1.39 bits per heavy atom. The van der Waals surface area contributed by atoms with Gasteiger partial charge in [-0.1, -0.05) is 58.8 Å². The Kier molecular flexibility index (Phi) is 25.0. The zero-order valence-electron chi connectivity index (χ0n) is 21.4. The Morgan fingerprint density at radius 2 is 1.00 bits per heavy atom. The zero-order chi connectivity index (χ0) is 29.3. The molecule has 0 saturated carbocycles. The first-order valence-corrected chi connectivity index (χ1v) is 12.7. The lowest BCUT2D eigenvalue weighted by molar-refractivity contribution is 0.627. The van der Waals surface area contributed by atoms with Crippen molar-refractivity contribution in [3.8, 4) is 11.8 Å². The maximum absolute atomic E-state index is 12.6. The summed E-state index contributed by atoms with van der Waals surface area (Å²) in [6.07, 6.45) is 6.42. The van der Waals surface area contributed by atoms with E-state index in [1.807, 2.05) is 13.8 Å². The fraction of sp³-hybridized carbons (Fsp3) is 0.226. The molecular formula is C31H37Cl4FN8. The summed E-state index contributed by atoms with van der Waals surface area (Å²) in [5.41, 5.74) is 2.32. The van der Waals surface area contributed by atoms with E-state index in [4.69, 9.17) is 46.4 Å². The van der Waals surface area contributed by atoms with Crippen molar-refractivity contribution in [3.05, 3.63) is 129 Å². The summed E-state index contributed by atoms with van der Waals surface area (Å²) in [6, 6.07) is 12.8. The SMILES string of the molecule is C.C.C.C.Cc1ccnc(Cl)n1.Cc1nccc(C#Cc2ccc(F)cc2)n1.Cc1nccc(Cl)n1.Clc1ccnc(Cl)n1. The molecule has 0 aliphatic carbocycles. The molecule has 236 valence electrons. The monoisotopic (exact) mass is 680 g/mol. The summed E-state index contributed by atoms with van der Waals surface area (Å²) in [4.78, 5) is 30.5. The van der Waals surface area contributed by atoms with Crippen LogP contribution in [-0.2, 0) is 0 Å². The molecule has 0 aliphatic rings. The second-order valence-electron chi connectivity index (χ2n) is 7.29. The van der Waals surface area contributed by atoms with Gasteiger partial charge in [-0.15, -0.1) is 0 Å². The van der Waals surface area contributed by atoms with Gasteiger partial charge in [-0.2, -0.15) is 0 Å². The van der Waals surface area contributed by atoms with Crippen LogP contribution in [0.1, 0.15) is 58.3 Å². The molecule has 13 heteroatoms. The van der Waals surface area contributed by atoms with Crippen LogP contribution in [0.15, 0.2) is 73.3 Å². The third kappa shape index (κ3) is 20.2. The lowest BCUT2D eigenvalue weighted by Crippen LogP contribution is -1.89. The Labute approximate surface area is 280 Å². The molecule has 1 aromatic carbocycles. The van der Waals surface area contributed by atoms with Crippen molar-refractivity contribution in [1.82, 2.24) is 39.9 Å². The van der Waals surface area contributed by atoms with Crippen LogP contribution >= 0.6 is 46.4 Å². The molecule has 44 heavy (non-hydrogen) atoms. The van der Waals surface area contributed by atoms with Gasteiger partial charge in [-0.05, 0) is 98.4 Å². The van der Waals surface area contributed by atoms with E-state index in [0.29, 0.717) is 32.9 Å². The molecule has 0 N–H and O–H groups in total. The Bertz CT molecular complexity index is 1410. The number of hydrogen-bond donors (Lipinski definition) is 0. The summed E-state index contributed by atoms with van der Waals surface area (Å²) < 4.78 is 12.6. The topological polar surface area (TPSA) is 103 Å². The third-order valence-corrected chi connectivity index (χ3v) is 4.84. The standard InChI is InChI=1S/C13H9FN2.2C5H5ClN2.C4H2Cl2N2.4CH4/c1-10-15-9-8-13(16-10)7-4-11-2-5-12(14)6-3-11;1-4-7-3-2-5(6)8-4;1-4-2-3-7-5(6)8-4;5-3-1-2-7-4(6)8-3;;;;/h2-3,5-6,8-9H,1H3;2*2-3H,1H3;1-2H;4*1H4. The van der Waals surface area contributed by atoms with Crippen LogP contribution in [-0.4, -0.2) is 39.9 Å². The van der Waals surface area contributed by atoms with Crippen molar-refractivity contribution in [2.45, 2.75) is 50.5 Å². The molecule has 5 aromatic rings. The highest BCUT2D eigenvalue weighted by Gasteiger charge is 1.92. The van der Waals surface area contributed by atoms with Crippen molar-refractivity contribution in [2.24, 2.45) is 0 Å². The van der Waals surface area contributed by atoms with E-state index >= 15 is 0 Å². The van der Waals surface area contributed by atoms with Crippen LogP contribution in [0, 0.1) is 38.4 Å². The van der Waals surface area contributed by atoms with E-state index in [9.17, 15) is 4.39 Å².